The van der Waals surface area contributed by atoms with Gasteiger partial charge >= 0.3 is 5.97 Å². The lowest BCUT2D eigenvalue weighted by Crippen LogP contribution is -2.17. The molecule has 2 rings (SSSR count). The van der Waals surface area contributed by atoms with E-state index in [-0.39, 0.29) is 12.4 Å². The molecule has 0 fully saturated rings. The Hall–Kier alpha value is -2.82. The Labute approximate surface area is 141 Å². The molecule has 0 bridgehead atoms. The number of esters is 1. The van der Waals surface area contributed by atoms with Crippen molar-refractivity contribution in [3.63, 3.8) is 0 Å². The summed E-state index contributed by atoms with van der Waals surface area (Å²) in [6.07, 6.45) is 1.07. The van der Waals surface area contributed by atoms with E-state index in [1.54, 1.807) is 25.1 Å². The van der Waals surface area contributed by atoms with E-state index in [2.05, 4.69) is 0 Å². The van der Waals surface area contributed by atoms with Crippen molar-refractivity contribution < 1.29 is 19.1 Å². The molecule has 2 aromatic rings. The fourth-order valence-corrected chi connectivity index (χ4v) is 2.16. The standard InChI is InChI=1S/C19H21NO4/c1-2-17(21)15-8-9-18(16(20)12-15)24-13-19(22)23-11-10-14-6-4-3-5-7-14/h3-9,12H,2,10-11,13,20H2,1H3. The van der Waals surface area contributed by atoms with Gasteiger partial charge in [-0.05, 0) is 23.8 Å². The molecule has 5 heteroatoms. The Balaban J connectivity index is 1.78. The lowest BCUT2D eigenvalue weighted by Gasteiger charge is -2.10. The molecule has 0 aliphatic heterocycles. The van der Waals surface area contributed by atoms with Crippen LogP contribution < -0.4 is 10.5 Å². The highest BCUT2D eigenvalue weighted by atomic mass is 16.6. The molecule has 2 aromatic carbocycles. The maximum Gasteiger partial charge on any atom is 0.344 e. The average molecular weight is 327 g/mol. The minimum atomic E-state index is -0.459. The molecule has 0 aliphatic carbocycles. The van der Waals surface area contributed by atoms with Crippen LogP contribution in [0.5, 0.6) is 5.75 Å². The summed E-state index contributed by atoms with van der Waals surface area (Å²) in [5.41, 5.74) is 7.81. The number of Topliss-reactive ketones (excluding diaryl/α,β-unsaturated/α-hetero) is 1. The summed E-state index contributed by atoms with van der Waals surface area (Å²) in [6.45, 7) is 1.86. The minimum absolute atomic E-state index is 0.00794. The second-order valence-corrected chi connectivity index (χ2v) is 5.27. The third kappa shape index (κ3) is 5.12. The summed E-state index contributed by atoms with van der Waals surface area (Å²) < 4.78 is 10.5. The van der Waals surface area contributed by atoms with Crippen LogP contribution in [0, 0.1) is 0 Å². The van der Waals surface area contributed by atoms with E-state index in [0.29, 0.717) is 36.4 Å². The van der Waals surface area contributed by atoms with Crippen molar-refractivity contribution in [2.24, 2.45) is 0 Å². The Morgan fingerprint density at radius 3 is 2.50 bits per heavy atom. The van der Waals surface area contributed by atoms with E-state index < -0.39 is 5.97 Å². The highest BCUT2D eigenvalue weighted by molar-refractivity contribution is 5.97. The van der Waals surface area contributed by atoms with Gasteiger partial charge in [-0.3, -0.25) is 4.79 Å². The van der Waals surface area contributed by atoms with Gasteiger partial charge in [0.1, 0.15) is 5.75 Å². The molecule has 0 saturated carbocycles. The zero-order chi connectivity index (χ0) is 17.4. The van der Waals surface area contributed by atoms with Gasteiger partial charge in [-0.15, -0.1) is 0 Å². The first kappa shape index (κ1) is 17.5. The summed E-state index contributed by atoms with van der Waals surface area (Å²) in [7, 11) is 0. The molecule has 0 saturated heterocycles. The van der Waals surface area contributed by atoms with Crippen LogP contribution in [-0.2, 0) is 16.0 Å². The van der Waals surface area contributed by atoms with Gasteiger partial charge in [-0.1, -0.05) is 37.3 Å². The average Bonchev–Trinajstić information content (AvgIpc) is 2.61. The molecule has 0 aliphatic rings. The van der Waals surface area contributed by atoms with Gasteiger partial charge in [0, 0.05) is 18.4 Å². The second kappa shape index (κ2) is 8.72. The predicted octanol–water partition coefficient (Wildman–Crippen LogP) is 3.03. The molecule has 24 heavy (non-hydrogen) atoms. The number of rotatable bonds is 8. The summed E-state index contributed by atoms with van der Waals surface area (Å²) in [6, 6.07) is 14.6. The van der Waals surface area contributed by atoms with Crippen LogP contribution in [0.25, 0.3) is 0 Å². The van der Waals surface area contributed by atoms with Crippen LogP contribution >= 0.6 is 0 Å². The summed E-state index contributed by atoms with van der Waals surface area (Å²) in [5, 5.41) is 0. The molecule has 0 aromatic heterocycles. The molecule has 0 radical (unpaired) electrons. The van der Waals surface area contributed by atoms with Crippen molar-refractivity contribution in [2.45, 2.75) is 19.8 Å². The highest BCUT2D eigenvalue weighted by Crippen LogP contribution is 2.23. The third-order valence-corrected chi connectivity index (χ3v) is 3.50. The maximum atomic E-state index is 11.7. The number of ketones is 1. The largest absolute Gasteiger partial charge is 0.480 e. The number of nitrogen functional groups attached to an aromatic ring is 1. The molecule has 0 amide bonds. The molecular formula is C19H21NO4. The zero-order valence-corrected chi connectivity index (χ0v) is 13.7. The molecule has 0 atom stereocenters. The van der Waals surface area contributed by atoms with Crippen molar-refractivity contribution in [2.75, 3.05) is 18.9 Å². The van der Waals surface area contributed by atoms with Crippen LogP contribution in [0.3, 0.4) is 0 Å². The first-order valence-electron chi connectivity index (χ1n) is 7.85. The molecule has 0 spiro atoms. The van der Waals surface area contributed by atoms with Crippen molar-refractivity contribution in [3.8, 4) is 5.75 Å². The number of carbonyl (C=O) groups excluding carboxylic acids is 2. The normalized spacial score (nSPS) is 10.2. The number of benzene rings is 2. The van der Waals surface area contributed by atoms with E-state index in [4.69, 9.17) is 15.2 Å². The second-order valence-electron chi connectivity index (χ2n) is 5.27. The zero-order valence-electron chi connectivity index (χ0n) is 13.7. The van der Waals surface area contributed by atoms with Gasteiger partial charge in [0.25, 0.3) is 0 Å². The molecule has 0 unspecified atom stereocenters. The van der Waals surface area contributed by atoms with Crippen molar-refractivity contribution >= 4 is 17.4 Å². The maximum absolute atomic E-state index is 11.7. The number of hydrogen-bond acceptors (Lipinski definition) is 5. The van der Waals surface area contributed by atoms with E-state index in [0.717, 1.165) is 5.56 Å². The van der Waals surface area contributed by atoms with Gasteiger partial charge < -0.3 is 15.2 Å². The molecule has 2 N–H and O–H groups in total. The van der Waals surface area contributed by atoms with Gasteiger partial charge in [-0.25, -0.2) is 4.79 Å². The highest BCUT2D eigenvalue weighted by Gasteiger charge is 2.10. The van der Waals surface area contributed by atoms with Gasteiger partial charge in [0.05, 0.1) is 12.3 Å². The SMILES string of the molecule is CCC(=O)c1ccc(OCC(=O)OCCc2ccccc2)c(N)c1. The van der Waals surface area contributed by atoms with E-state index >= 15 is 0 Å². The molecule has 5 nitrogen and oxygen atoms in total. The monoisotopic (exact) mass is 327 g/mol. The fourth-order valence-electron chi connectivity index (χ4n) is 2.16. The Morgan fingerprint density at radius 2 is 1.83 bits per heavy atom. The van der Waals surface area contributed by atoms with Crippen molar-refractivity contribution in [1.82, 2.24) is 0 Å². The van der Waals surface area contributed by atoms with Crippen LogP contribution in [-0.4, -0.2) is 25.0 Å². The molecule has 0 heterocycles. The number of nitrogens with two attached hydrogens (primary N) is 1. The number of anilines is 1. The number of hydrogen-bond donors (Lipinski definition) is 1. The van der Waals surface area contributed by atoms with Crippen LogP contribution in [0.1, 0.15) is 29.3 Å². The van der Waals surface area contributed by atoms with E-state index in [1.807, 2.05) is 30.3 Å². The van der Waals surface area contributed by atoms with Crippen molar-refractivity contribution in [3.05, 3.63) is 59.7 Å². The summed E-state index contributed by atoms with van der Waals surface area (Å²) in [5.74, 6) is -0.0877. The molecular weight excluding hydrogens is 306 g/mol. The minimum Gasteiger partial charge on any atom is -0.480 e. The van der Waals surface area contributed by atoms with Gasteiger partial charge in [0.2, 0.25) is 0 Å². The van der Waals surface area contributed by atoms with Crippen molar-refractivity contribution in [1.29, 1.82) is 0 Å². The van der Waals surface area contributed by atoms with E-state index in [9.17, 15) is 9.59 Å². The van der Waals surface area contributed by atoms with Crippen LogP contribution in [0.4, 0.5) is 5.69 Å². The fraction of sp³-hybridized carbons (Fsp3) is 0.263. The smallest absolute Gasteiger partial charge is 0.344 e. The number of carbonyl (C=O) groups is 2. The summed E-state index contributed by atoms with van der Waals surface area (Å²) in [4.78, 5) is 23.3. The first-order valence-corrected chi connectivity index (χ1v) is 7.85. The van der Waals surface area contributed by atoms with Gasteiger partial charge in [0.15, 0.2) is 12.4 Å². The van der Waals surface area contributed by atoms with Crippen LogP contribution in [0.15, 0.2) is 48.5 Å². The molecule has 126 valence electrons. The topological polar surface area (TPSA) is 78.6 Å². The van der Waals surface area contributed by atoms with Crippen LogP contribution in [0.2, 0.25) is 0 Å². The lowest BCUT2D eigenvalue weighted by molar-refractivity contribution is -0.145. The van der Waals surface area contributed by atoms with E-state index in [1.165, 1.54) is 0 Å². The number of ether oxygens (including phenoxy) is 2. The first-order chi connectivity index (χ1) is 11.6. The quantitative estimate of drug-likeness (QED) is 0.458. The van der Waals surface area contributed by atoms with Gasteiger partial charge in [-0.2, -0.15) is 0 Å². The predicted molar refractivity (Wildman–Crippen MR) is 92.1 cm³/mol. The Bertz CT molecular complexity index is 698. The Kier molecular flexibility index (Phi) is 6.37. The Morgan fingerprint density at radius 1 is 1.08 bits per heavy atom. The third-order valence-electron chi connectivity index (χ3n) is 3.50. The summed E-state index contributed by atoms with van der Waals surface area (Å²) >= 11 is 0. The lowest BCUT2D eigenvalue weighted by atomic mass is 10.1.